The van der Waals surface area contributed by atoms with E-state index in [1.165, 1.54) is 36.5 Å². The van der Waals surface area contributed by atoms with Crippen LogP contribution in [0, 0.1) is 5.92 Å². The van der Waals surface area contributed by atoms with Gasteiger partial charge in [0.15, 0.2) is 0 Å². The molecule has 5 heteroatoms. The molecule has 1 fully saturated rings. The minimum absolute atomic E-state index is 0.119. The molecule has 2 aromatic heterocycles. The zero-order chi connectivity index (χ0) is 16.4. The number of hydrogen-bond donors (Lipinski definition) is 1. The lowest BCUT2D eigenvalue weighted by atomic mass is 9.89. The van der Waals surface area contributed by atoms with Gasteiger partial charge in [-0.25, -0.2) is 4.98 Å². The summed E-state index contributed by atoms with van der Waals surface area (Å²) in [5, 5.41) is 7.48. The number of nitrogens with one attached hydrogen (secondary N) is 1. The Morgan fingerprint density at radius 2 is 2.17 bits per heavy atom. The zero-order valence-corrected chi connectivity index (χ0v) is 14.8. The summed E-state index contributed by atoms with van der Waals surface area (Å²) in [7, 11) is 2.09. The summed E-state index contributed by atoms with van der Waals surface area (Å²) in [4.78, 5) is 7.07. The second kappa shape index (κ2) is 6.48. The number of nitrogens with zero attached hydrogens (tertiary/aromatic N) is 4. The standard InChI is InChI=1S/C18H29N5/c1-18(2,3)17-15(11-20-21-17)13-23-8-5-6-14(12-23)10-16-19-7-9-22(16)4/h7,9,11,14H,5-6,8,10,12-13H2,1-4H3,(H,20,21). The Hall–Kier alpha value is -1.62. The molecule has 1 unspecified atom stereocenters. The van der Waals surface area contributed by atoms with Gasteiger partial charge in [0, 0.05) is 55.6 Å². The minimum Gasteiger partial charge on any atom is -0.338 e. The van der Waals surface area contributed by atoms with E-state index in [2.05, 4.69) is 52.5 Å². The molecule has 1 aliphatic rings. The van der Waals surface area contributed by atoms with Crippen LogP contribution in [0.15, 0.2) is 18.6 Å². The highest BCUT2D eigenvalue weighted by Crippen LogP contribution is 2.26. The number of hydrogen-bond acceptors (Lipinski definition) is 3. The van der Waals surface area contributed by atoms with E-state index in [-0.39, 0.29) is 5.41 Å². The molecule has 0 amide bonds. The molecule has 3 heterocycles. The second-order valence-corrected chi connectivity index (χ2v) is 7.92. The molecule has 0 bridgehead atoms. The molecule has 2 aromatic rings. The summed E-state index contributed by atoms with van der Waals surface area (Å²) in [5.41, 5.74) is 2.73. The number of rotatable bonds is 4. The van der Waals surface area contributed by atoms with Gasteiger partial charge in [0.1, 0.15) is 5.82 Å². The van der Waals surface area contributed by atoms with Crippen molar-refractivity contribution < 1.29 is 0 Å². The number of likely N-dealkylation sites (tertiary alicyclic amines) is 1. The Labute approximate surface area is 139 Å². The quantitative estimate of drug-likeness (QED) is 0.944. The molecular formula is C18H29N5. The molecule has 126 valence electrons. The number of imidazole rings is 1. The first-order valence-electron chi connectivity index (χ1n) is 8.65. The topological polar surface area (TPSA) is 49.7 Å². The van der Waals surface area contributed by atoms with E-state index in [1.54, 1.807) is 0 Å². The Kier molecular flexibility index (Phi) is 4.57. The Morgan fingerprint density at radius 3 is 2.87 bits per heavy atom. The van der Waals surface area contributed by atoms with E-state index in [0.717, 1.165) is 19.5 Å². The van der Waals surface area contributed by atoms with Crippen molar-refractivity contribution >= 4 is 0 Å². The summed E-state index contributed by atoms with van der Waals surface area (Å²) in [6, 6.07) is 0. The smallest absolute Gasteiger partial charge is 0.108 e. The molecule has 1 N–H and O–H groups in total. The third kappa shape index (κ3) is 3.83. The van der Waals surface area contributed by atoms with Gasteiger partial charge in [-0.05, 0) is 25.3 Å². The lowest BCUT2D eigenvalue weighted by Crippen LogP contribution is -2.36. The fourth-order valence-corrected chi connectivity index (χ4v) is 3.63. The van der Waals surface area contributed by atoms with E-state index in [9.17, 15) is 0 Å². The van der Waals surface area contributed by atoms with Crippen LogP contribution in [0.2, 0.25) is 0 Å². The summed E-state index contributed by atoms with van der Waals surface area (Å²) in [6.07, 6.45) is 9.60. The predicted molar refractivity (Wildman–Crippen MR) is 92.2 cm³/mol. The predicted octanol–water partition coefficient (Wildman–Crippen LogP) is 2.90. The molecule has 0 radical (unpaired) electrons. The maximum Gasteiger partial charge on any atom is 0.108 e. The van der Waals surface area contributed by atoms with Crippen LogP contribution in [-0.4, -0.2) is 37.7 Å². The van der Waals surface area contributed by atoms with Crippen LogP contribution in [0.1, 0.15) is 50.7 Å². The first kappa shape index (κ1) is 16.2. The maximum atomic E-state index is 4.49. The number of aromatic nitrogens is 4. The van der Waals surface area contributed by atoms with Crippen LogP contribution in [0.3, 0.4) is 0 Å². The molecule has 0 saturated carbocycles. The van der Waals surface area contributed by atoms with Gasteiger partial charge in [-0.15, -0.1) is 0 Å². The number of aryl methyl sites for hydroxylation is 1. The van der Waals surface area contributed by atoms with E-state index in [1.807, 2.05) is 18.6 Å². The average molecular weight is 315 g/mol. The van der Waals surface area contributed by atoms with Crippen molar-refractivity contribution in [1.82, 2.24) is 24.6 Å². The zero-order valence-electron chi connectivity index (χ0n) is 14.8. The highest BCUT2D eigenvalue weighted by atomic mass is 15.2. The normalized spacial score (nSPS) is 20.1. The van der Waals surface area contributed by atoms with Crippen LogP contribution < -0.4 is 0 Å². The van der Waals surface area contributed by atoms with Crippen LogP contribution in [0.25, 0.3) is 0 Å². The van der Waals surface area contributed by atoms with Gasteiger partial charge < -0.3 is 4.57 Å². The molecule has 1 saturated heterocycles. The fourth-order valence-electron chi connectivity index (χ4n) is 3.63. The van der Waals surface area contributed by atoms with Gasteiger partial charge in [-0.3, -0.25) is 10.00 Å². The summed E-state index contributed by atoms with van der Waals surface area (Å²) in [6.45, 7) is 10.1. The SMILES string of the molecule is Cn1ccnc1CC1CCCN(Cc2cn[nH]c2C(C)(C)C)C1. The van der Waals surface area contributed by atoms with Crippen molar-refractivity contribution in [1.29, 1.82) is 0 Å². The van der Waals surface area contributed by atoms with Gasteiger partial charge in [-0.1, -0.05) is 20.8 Å². The number of aromatic amines is 1. The monoisotopic (exact) mass is 315 g/mol. The first-order chi connectivity index (χ1) is 10.9. The van der Waals surface area contributed by atoms with Crippen molar-refractivity contribution in [3.05, 3.63) is 35.7 Å². The van der Waals surface area contributed by atoms with Crippen LogP contribution in [0.5, 0.6) is 0 Å². The Balaban J connectivity index is 1.63. The molecule has 0 spiro atoms. The molecule has 5 nitrogen and oxygen atoms in total. The lowest BCUT2D eigenvalue weighted by Gasteiger charge is -2.33. The first-order valence-corrected chi connectivity index (χ1v) is 8.65. The largest absolute Gasteiger partial charge is 0.338 e. The Morgan fingerprint density at radius 1 is 1.35 bits per heavy atom. The van der Waals surface area contributed by atoms with Crippen molar-refractivity contribution in [3.63, 3.8) is 0 Å². The third-order valence-corrected chi connectivity index (χ3v) is 4.86. The molecule has 0 aromatic carbocycles. The third-order valence-electron chi connectivity index (χ3n) is 4.86. The fraction of sp³-hybridized carbons (Fsp3) is 0.667. The number of piperidine rings is 1. The van der Waals surface area contributed by atoms with Gasteiger partial charge in [0.2, 0.25) is 0 Å². The molecule has 1 aliphatic heterocycles. The molecule has 3 rings (SSSR count). The Bertz CT molecular complexity index is 634. The minimum atomic E-state index is 0.119. The molecule has 23 heavy (non-hydrogen) atoms. The van der Waals surface area contributed by atoms with Crippen LogP contribution in [-0.2, 0) is 25.4 Å². The summed E-state index contributed by atoms with van der Waals surface area (Å²) >= 11 is 0. The van der Waals surface area contributed by atoms with Crippen molar-refractivity contribution in [2.75, 3.05) is 13.1 Å². The van der Waals surface area contributed by atoms with E-state index >= 15 is 0 Å². The summed E-state index contributed by atoms with van der Waals surface area (Å²) < 4.78 is 2.15. The molecular weight excluding hydrogens is 286 g/mol. The average Bonchev–Trinajstić information content (AvgIpc) is 3.09. The van der Waals surface area contributed by atoms with Gasteiger partial charge in [0.05, 0.1) is 6.20 Å². The molecule has 1 atom stereocenters. The van der Waals surface area contributed by atoms with Gasteiger partial charge in [0.25, 0.3) is 0 Å². The van der Waals surface area contributed by atoms with E-state index < -0.39 is 0 Å². The second-order valence-electron chi connectivity index (χ2n) is 7.92. The van der Waals surface area contributed by atoms with Crippen molar-refractivity contribution in [2.45, 2.75) is 52.0 Å². The van der Waals surface area contributed by atoms with Crippen molar-refractivity contribution in [2.24, 2.45) is 13.0 Å². The van der Waals surface area contributed by atoms with Crippen molar-refractivity contribution in [3.8, 4) is 0 Å². The highest BCUT2D eigenvalue weighted by molar-refractivity contribution is 5.23. The molecule has 0 aliphatic carbocycles. The van der Waals surface area contributed by atoms with E-state index in [4.69, 9.17) is 0 Å². The lowest BCUT2D eigenvalue weighted by molar-refractivity contribution is 0.164. The van der Waals surface area contributed by atoms with Crippen LogP contribution >= 0.6 is 0 Å². The maximum absolute atomic E-state index is 4.49. The van der Waals surface area contributed by atoms with Crippen LogP contribution in [0.4, 0.5) is 0 Å². The van der Waals surface area contributed by atoms with Gasteiger partial charge >= 0.3 is 0 Å². The summed E-state index contributed by atoms with van der Waals surface area (Å²) in [5.74, 6) is 1.91. The van der Waals surface area contributed by atoms with Gasteiger partial charge in [-0.2, -0.15) is 5.10 Å². The number of H-pyrrole nitrogens is 1. The highest BCUT2D eigenvalue weighted by Gasteiger charge is 2.25. The van der Waals surface area contributed by atoms with E-state index in [0.29, 0.717) is 5.92 Å².